The number of para-hydroxylation sites is 1. The predicted octanol–water partition coefficient (Wildman–Crippen LogP) is 3.86. The first-order valence-electron chi connectivity index (χ1n) is 5.64. The summed E-state index contributed by atoms with van der Waals surface area (Å²) in [5, 5.41) is 0. The number of benzene rings is 1. The van der Waals surface area contributed by atoms with Gasteiger partial charge in [-0.05, 0) is 37.1 Å². The molecule has 0 N–H and O–H groups in total. The van der Waals surface area contributed by atoms with Gasteiger partial charge in [0, 0.05) is 0 Å². The highest BCUT2D eigenvalue weighted by Gasteiger charge is 1.96. The first-order valence-corrected chi connectivity index (χ1v) is 6.27. The molecule has 1 aromatic carbocycles. The lowest BCUT2D eigenvalue weighted by molar-refractivity contribution is 0.303. The Balaban J connectivity index is 2.12. The first kappa shape index (κ1) is 12.4. The second kappa shape index (κ2) is 7.63. The summed E-state index contributed by atoms with van der Waals surface area (Å²) in [6.07, 6.45) is 4.86. The van der Waals surface area contributed by atoms with Gasteiger partial charge in [-0.25, -0.2) is 0 Å². The molecule has 0 fully saturated rings. The van der Waals surface area contributed by atoms with Gasteiger partial charge in [0.25, 0.3) is 0 Å². The Kier molecular flexibility index (Phi) is 6.33. The van der Waals surface area contributed by atoms with Crippen molar-refractivity contribution in [1.29, 1.82) is 0 Å². The van der Waals surface area contributed by atoms with Crippen LogP contribution in [0.2, 0.25) is 0 Å². The second-order valence-electron chi connectivity index (χ2n) is 3.75. The molecule has 0 unspecified atom stereocenters. The summed E-state index contributed by atoms with van der Waals surface area (Å²) < 4.78 is 5.70. The van der Waals surface area contributed by atoms with E-state index in [0.29, 0.717) is 0 Å². The van der Waals surface area contributed by atoms with Crippen LogP contribution in [0.15, 0.2) is 24.3 Å². The lowest BCUT2D eigenvalue weighted by Crippen LogP contribution is -1.98. The van der Waals surface area contributed by atoms with Gasteiger partial charge < -0.3 is 4.74 Å². The van der Waals surface area contributed by atoms with Crippen LogP contribution in [0, 0.1) is 6.92 Å². The predicted molar refractivity (Wildman–Crippen MR) is 69.0 cm³/mol. The van der Waals surface area contributed by atoms with E-state index < -0.39 is 0 Å². The van der Waals surface area contributed by atoms with Crippen LogP contribution in [0.25, 0.3) is 0 Å². The van der Waals surface area contributed by atoms with Crippen molar-refractivity contribution in [2.45, 2.75) is 32.6 Å². The van der Waals surface area contributed by atoms with Gasteiger partial charge in [-0.15, -0.1) is 0 Å². The highest BCUT2D eigenvalue weighted by Crippen LogP contribution is 2.16. The molecule has 0 amide bonds. The Morgan fingerprint density at radius 2 is 1.80 bits per heavy atom. The number of hydrogen-bond acceptors (Lipinski definition) is 2. The fourth-order valence-electron chi connectivity index (χ4n) is 1.47. The summed E-state index contributed by atoms with van der Waals surface area (Å²) >= 11 is 4.19. The minimum absolute atomic E-state index is 0.831. The van der Waals surface area contributed by atoms with Crippen LogP contribution in [-0.2, 0) is 0 Å². The topological polar surface area (TPSA) is 9.23 Å². The van der Waals surface area contributed by atoms with E-state index in [2.05, 4.69) is 25.6 Å². The van der Waals surface area contributed by atoms with E-state index in [9.17, 15) is 0 Å². The molecule has 0 saturated heterocycles. The van der Waals surface area contributed by atoms with E-state index in [1.807, 2.05) is 18.2 Å². The highest BCUT2D eigenvalue weighted by molar-refractivity contribution is 7.80. The van der Waals surface area contributed by atoms with E-state index in [-0.39, 0.29) is 0 Å². The van der Waals surface area contributed by atoms with Gasteiger partial charge in [0.2, 0.25) is 0 Å². The monoisotopic (exact) mass is 224 g/mol. The lowest BCUT2D eigenvalue weighted by atomic mass is 10.2. The van der Waals surface area contributed by atoms with Crippen LogP contribution in [-0.4, -0.2) is 12.4 Å². The van der Waals surface area contributed by atoms with E-state index in [1.54, 1.807) is 0 Å². The van der Waals surface area contributed by atoms with Crippen LogP contribution in [0.1, 0.15) is 31.2 Å². The van der Waals surface area contributed by atoms with E-state index >= 15 is 0 Å². The molecule has 15 heavy (non-hydrogen) atoms. The average molecular weight is 224 g/mol. The van der Waals surface area contributed by atoms with Crippen LogP contribution >= 0.6 is 12.6 Å². The molecule has 1 nitrogen and oxygen atoms in total. The van der Waals surface area contributed by atoms with Crippen molar-refractivity contribution in [2.24, 2.45) is 0 Å². The summed E-state index contributed by atoms with van der Waals surface area (Å²) in [6.45, 7) is 2.91. The Hall–Kier alpha value is -0.630. The minimum Gasteiger partial charge on any atom is -0.493 e. The molecule has 0 spiro atoms. The zero-order valence-corrected chi connectivity index (χ0v) is 10.3. The second-order valence-corrected chi connectivity index (χ2v) is 4.20. The van der Waals surface area contributed by atoms with Crippen molar-refractivity contribution in [3.05, 3.63) is 29.8 Å². The molecule has 0 atom stereocenters. The van der Waals surface area contributed by atoms with Gasteiger partial charge >= 0.3 is 0 Å². The number of thiol groups is 1. The zero-order chi connectivity index (χ0) is 10.9. The number of aryl methyl sites for hydroxylation is 1. The third kappa shape index (κ3) is 5.12. The fraction of sp³-hybridized carbons (Fsp3) is 0.538. The highest BCUT2D eigenvalue weighted by atomic mass is 32.1. The maximum Gasteiger partial charge on any atom is 0.122 e. The summed E-state index contributed by atoms with van der Waals surface area (Å²) in [7, 11) is 0. The van der Waals surface area contributed by atoms with Gasteiger partial charge in [0.05, 0.1) is 6.61 Å². The van der Waals surface area contributed by atoms with Crippen LogP contribution < -0.4 is 4.74 Å². The van der Waals surface area contributed by atoms with Gasteiger partial charge in [-0.1, -0.05) is 31.0 Å². The number of unbranched alkanes of at least 4 members (excludes halogenated alkanes) is 3. The maximum absolute atomic E-state index is 5.70. The van der Waals surface area contributed by atoms with Gasteiger partial charge in [-0.3, -0.25) is 0 Å². The van der Waals surface area contributed by atoms with Gasteiger partial charge in [0.15, 0.2) is 0 Å². The molecule has 0 radical (unpaired) electrons. The summed E-state index contributed by atoms with van der Waals surface area (Å²) in [5.41, 5.74) is 1.22. The Bertz CT molecular complexity index is 273. The lowest BCUT2D eigenvalue weighted by Gasteiger charge is -2.08. The van der Waals surface area contributed by atoms with Gasteiger partial charge in [0.1, 0.15) is 5.75 Å². The Morgan fingerprint density at radius 1 is 1.07 bits per heavy atom. The van der Waals surface area contributed by atoms with E-state index in [0.717, 1.165) is 24.5 Å². The molecule has 0 bridgehead atoms. The number of ether oxygens (including phenoxy) is 1. The molecule has 0 aliphatic carbocycles. The average Bonchev–Trinajstić information content (AvgIpc) is 2.25. The Labute approximate surface area is 98.3 Å². The van der Waals surface area contributed by atoms with E-state index in [1.165, 1.54) is 24.8 Å². The molecule has 0 aliphatic heterocycles. The zero-order valence-electron chi connectivity index (χ0n) is 9.41. The molecule has 1 aromatic rings. The number of hydrogen-bond donors (Lipinski definition) is 1. The van der Waals surface area contributed by atoms with Crippen molar-refractivity contribution < 1.29 is 4.74 Å². The third-order valence-corrected chi connectivity index (χ3v) is 2.72. The molecule has 0 aromatic heterocycles. The maximum atomic E-state index is 5.70. The molecular weight excluding hydrogens is 204 g/mol. The number of rotatable bonds is 7. The Morgan fingerprint density at radius 3 is 2.53 bits per heavy atom. The third-order valence-electron chi connectivity index (χ3n) is 2.40. The first-order chi connectivity index (χ1) is 7.34. The van der Waals surface area contributed by atoms with E-state index in [4.69, 9.17) is 4.74 Å². The van der Waals surface area contributed by atoms with Crippen molar-refractivity contribution in [3.8, 4) is 5.75 Å². The van der Waals surface area contributed by atoms with Crippen molar-refractivity contribution in [2.75, 3.05) is 12.4 Å². The quantitative estimate of drug-likeness (QED) is 0.546. The SMILES string of the molecule is Cc1ccccc1OCCCCCCS. The van der Waals surface area contributed by atoms with Crippen LogP contribution in [0.4, 0.5) is 0 Å². The van der Waals surface area contributed by atoms with Crippen LogP contribution in [0.3, 0.4) is 0 Å². The summed E-state index contributed by atoms with van der Waals surface area (Å²) in [5.74, 6) is 2.02. The largest absolute Gasteiger partial charge is 0.493 e. The molecule has 0 saturated carbocycles. The molecule has 84 valence electrons. The van der Waals surface area contributed by atoms with Crippen LogP contribution in [0.5, 0.6) is 5.75 Å². The minimum atomic E-state index is 0.831. The van der Waals surface area contributed by atoms with Crippen molar-refractivity contribution in [3.63, 3.8) is 0 Å². The molecule has 0 aliphatic rings. The normalized spacial score (nSPS) is 10.3. The fourth-order valence-corrected chi connectivity index (χ4v) is 1.69. The molecule has 2 heteroatoms. The summed E-state index contributed by atoms with van der Waals surface area (Å²) in [4.78, 5) is 0. The summed E-state index contributed by atoms with van der Waals surface area (Å²) in [6, 6.07) is 8.16. The van der Waals surface area contributed by atoms with Crippen molar-refractivity contribution >= 4 is 12.6 Å². The molecule has 1 rings (SSSR count). The smallest absolute Gasteiger partial charge is 0.122 e. The van der Waals surface area contributed by atoms with Gasteiger partial charge in [-0.2, -0.15) is 12.6 Å². The molecule has 0 heterocycles. The van der Waals surface area contributed by atoms with Crippen molar-refractivity contribution in [1.82, 2.24) is 0 Å². The standard InChI is InChI=1S/C13H20OS/c1-12-8-4-5-9-13(12)14-10-6-2-3-7-11-15/h4-5,8-9,15H,2-3,6-7,10-11H2,1H3. The molecular formula is C13H20OS.